The second-order valence-electron chi connectivity index (χ2n) is 3.43. The molecule has 0 saturated heterocycles. The second-order valence-corrected chi connectivity index (χ2v) is 13.3. The molecule has 0 aliphatic carbocycles. The molecule has 1 aromatic rings. The fourth-order valence-electron chi connectivity index (χ4n) is 1.96. The summed E-state index contributed by atoms with van der Waals surface area (Å²) in [5.74, 6) is 0. The molecule has 0 unspecified atom stereocenters. The van der Waals surface area contributed by atoms with Gasteiger partial charge in [-0.25, -0.2) is 0 Å². The Balaban J connectivity index is 3.01. The van der Waals surface area contributed by atoms with Crippen LogP contribution in [-0.4, -0.2) is 13.6 Å². The van der Waals surface area contributed by atoms with E-state index in [1.807, 2.05) is 0 Å². The molecule has 0 amide bonds. The molecule has 0 aliphatic heterocycles. The fraction of sp³-hybridized carbons (Fsp3) is 0.500. The Kier molecular flexibility index (Phi) is 4.06. The van der Waals surface area contributed by atoms with Crippen LogP contribution in [0.1, 0.15) is 20.8 Å². The van der Waals surface area contributed by atoms with Gasteiger partial charge in [-0.15, -0.1) is 0 Å². The van der Waals surface area contributed by atoms with E-state index in [4.69, 9.17) is 0 Å². The summed E-state index contributed by atoms with van der Waals surface area (Å²) in [5.41, 5.74) is 0. The number of benzene rings is 1. The van der Waals surface area contributed by atoms with Gasteiger partial charge in [-0.2, -0.15) is 0 Å². The summed E-state index contributed by atoms with van der Waals surface area (Å²) in [6, 6.07) is 11.2. The molecule has 0 aromatic heterocycles. The van der Waals surface area contributed by atoms with Gasteiger partial charge in [-0.1, -0.05) is 0 Å². The zero-order chi connectivity index (χ0) is 9.73. The van der Waals surface area contributed by atoms with Crippen LogP contribution < -0.4 is 4.35 Å². The summed E-state index contributed by atoms with van der Waals surface area (Å²) >= 11 is -1.45. The van der Waals surface area contributed by atoms with E-state index in [-0.39, 0.29) is 0 Å². The van der Waals surface area contributed by atoms with E-state index in [1.54, 1.807) is 4.35 Å². The molecule has 0 atom stereocenters. The average molecular weight is 239 g/mol. The van der Waals surface area contributed by atoms with Crippen molar-refractivity contribution in [1.82, 2.24) is 0 Å². The first kappa shape index (κ1) is 10.9. The van der Waals surface area contributed by atoms with Crippen LogP contribution in [0, 0.1) is 0 Å². The van der Waals surface area contributed by atoms with E-state index >= 15 is 0 Å². The van der Waals surface area contributed by atoms with E-state index in [2.05, 4.69) is 51.1 Å². The van der Waals surface area contributed by atoms with Gasteiger partial charge in [-0.05, 0) is 0 Å². The Morgan fingerprint density at radius 3 is 1.69 bits per heavy atom. The van der Waals surface area contributed by atoms with Gasteiger partial charge in [-0.3, -0.25) is 0 Å². The summed E-state index contributed by atoms with van der Waals surface area (Å²) in [6.45, 7) is 7.10. The van der Waals surface area contributed by atoms with Gasteiger partial charge in [0.05, 0.1) is 0 Å². The molecule has 0 bridgehead atoms. The fourth-order valence-corrected chi connectivity index (χ4v) is 8.76. The van der Waals surface area contributed by atoms with Gasteiger partial charge < -0.3 is 0 Å². The molecule has 0 aliphatic rings. The minimum atomic E-state index is -1.45. The monoisotopic (exact) mass is 239 g/mol. The summed E-state index contributed by atoms with van der Waals surface area (Å²) in [6.07, 6.45) is 0. The number of hydrogen-bond acceptors (Lipinski definition) is 0. The maximum atomic E-state index is 2.37. The van der Waals surface area contributed by atoms with Crippen LogP contribution in [-0.2, 0) is 0 Å². The Bertz CT molecular complexity index is 228. The van der Waals surface area contributed by atoms with Gasteiger partial charge in [0.1, 0.15) is 0 Å². The Labute approximate surface area is 84.8 Å². The van der Waals surface area contributed by atoms with Crippen molar-refractivity contribution in [2.45, 2.75) is 36.4 Å². The molecule has 0 radical (unpaired) electrons. The van der Waals surface area contributed by atoms with E-state index < -0.39 is 13.6 Å². The Morgan fingerprint density at radius 2 is 1.31 bits per heavy atom. The van der Waals surface area contributed by atoms with E-state index in [0.29, 0.717) is 0 Å². The third-order valence-corrected chi connectivity index (χ3v) is 13.7. The minimum absolute atomic E-state index is 1.41. The summed E-state index contributed by atoms with van der Waals surface area (Å²) in [7, 11) is 0. The van der Waals surface area contributed by atoms with E-state index in [9.17, 15) is 0 Å². The third kappa shape index (κ3) is 2.17. The SMILES string of the molecule is CC[As+](CC)(CC)c1ccccc1. The standard InChI is InChI=1S/C12H20As/c1-4-13(5-2,6-3)12-10-8-7-9-11-12/h7-11H,4-6H2,1-3H3/q+1. The molecule has 72 valence electrons. The molecule has 0 fully saturated rings. The molecule has 0 spiro atoms. The Hall–Kier alpha value is -0.222. The van der Waals surface area contributed by atoms with Crippen LogP contribution in [0.3, 0.4) is 0 Å². The molecule has 13 heavy (non-hydrogen) atoms. The predicted octanol–water partition coefficient (Wildman–Crippen LogP) is 3.40. The van der Waals surface area contributed by atoms with Crippen molar-refractivity contribution in [2.24, 2.45) is 0 Å². The second kappa shape index (κ2) is 4.86. The van der Waals surface area contributed by atoms with E-state index in [1.165, 1.54) is 15.6 Å². The van der Waals surface area contributed by atoms with Gasteiger partial charge >= 0.3 is 84.6 Å². The molecular formula is C12H20As+. The molecule has 0 nitrogen and oxygen atoms in total. The van der Waals surface area contributed by atoms with E-state index in [0.717, 1.165) is 0 Å². The molecule has 0 heterocycles. The van der Waals surface area contributed by atoms with Gasteiger partial charge in [0.2, 0.25) is 0 Å². The van der Waals surface area contributed by atoms with Crippen LogP contribution in [0.5, 0.6) is 0 Å². The van der Waals surface area contributed by atoms with Crippen molar-refractivity contribution in [3.8, 4) is 0 Å². The number of rotatable bonds is 4. The van der Waals surface area contributed by atoms with Crippen LogP contribution in [0.4, 0.5) is 0 Å². The van der Waals surface area contributed by atoms with Crippen molar-refractivity contribution in [3.63, 3.8) is 0 Å². The molecule has 0 saturated carbocycles. The number of hydrogen-bond donors (Lipinski definition) is 0. The third-order valence-electron chi connectivity index (χ3n) is 3.12. The first-order chi connectivity index (χ1) is 6.29. The normalized spacial score (nSPS) is 11.6. The molecule has 0 N–H and O–H groups in total. The molecule has 1 aromatic carbocycles. The van der Waals surface area contributed by atoms with Crippen molar-refractivity contribution < 1.29 is 0 Å². The van der Waals surface area contributed by atoms with Crippen LogP contribution in [0.25, 0.3) is 0 Å². The first-order valence-corrected chi connectivity index (χ1v) is 10.1. The van der Waals surface area contributed by atoms with Gasteiger partial charge in [0.25, 0.3) is 0 Å². The summed E-state index contributed by atoms with van der Waals surface area (Å²) in [4.78, 5) is 0. The molecular weight excluding hydrogens is 219 g/mol. The Morgan fingerprint density at radius 1 is 0.846 bits per heavy atom. The van der Waals surface area contributed by atoms with Crippen LogP contribution >= 0.6 is 0 Å². The van der Waals surface area contributed by atoms with Crippen molar-refractivity contribution in [1.29, 1.82) is 0 Å². The van der Waals surface area contributed by atoms with Gasteiger partial charge in [0.15, 0.2) is 0 Å². The summed E-state index contributed by atoms with van der Waals surface area (Å²) in [5, 5.41) is 4.24. The van der Waals surface area contributed by atoms with Crippen molar-refractivity contribution >= 4 is 17.9 Å². The average Bonchev–Trinajstić information content (AvgIpc) is 2.23. The maximum absolute atomic E-state index is 2.37. The molecule has 1 heteroatoms. The van der Waals surface area contributed by atoms with Crippen LogP contribution in [0.15, 0.2) is 30.3 Å². The topological polar surface area (TPSA) is 0 Å². The predicted molar refractivity (Wildman–Crippen MR) is 63.3 cm³/mol. The zero-order valence-electron chi connectivity index (χ0n) is 8.96. The summed E-state index contributed by atoms with van der Waals surface area (Å²) < 4.78 is 1.67. The van der Waals surface area contributed by atoms with Gasteiger partial charge in [0, 0.05) is 0 Å². The first-order valence-electron chi connectivity index (χ1n) is 5.20. The molecule has 1 rings (SSSR count). The van der Waals surface area contributed by atoms with Crippen molar-refractivity contribution in [2.75, 3.05) is 0 Å². The van der Waals surface area contributed by atoms with Crippen LogP contribution in [0.2, 0.25) is 15.6 Å². The van der Waals surface area contributed by atoms with Crippen molar-refractivity contribution in [3.05, 3.63) is 30.3 Å². The quantitative estimate of drug-likeness (QED) is 0.706. The zero-order valence-corrected chi connectivity index (χ0v) is 10.8.